The molecule has 2 atom stereocenters. The maximum atomic E-state index is 9.85. The van der Waals surface area contributed by atoms with Gasteiger partial charge in [0.1, 0.15) is 29.4 Å². The van der Waals surface area contributed by atoms with Crippen molar-refractivity contribution < 1.29 is 9.84 Å². The Kier molecular flexibility index (Phi) is 5.59. The Morgan fingerprint density at radius 3 is 2.85 bits per heavy atom. The van der Waals surface area contributed by atoms with E-state index in [1.807, 2.05) is 43.9 Å². The zero-order valence-corrected chi connectivity index (χ0v) is 19.3. The number of nitrogens with zero attached hydrogens (tertiary/aromatic N) is 6. The molecule has 3 aromatic heterocycles. The van der Waals surface area contributed by atoms with Gasteiger partial charge in [-0.05, 0) is 57.0 Å². The molecule has 0 bridgehead atoms. The van der Waals surface area contributed by atoms with E-state index in [4.69, 9.17) is 4.74 Å². The average Bonchev–Trinajstić information content (AvgIpc) is 3.44. The van der Waals surface area contributed by atoms with Crippen molar-refractivity contribution in [2.75, 3.05) is 18.0 Å². The van der Waals surface area contributed by atoms with Gasteiger partial charge in [0.25, 0.3) is 0 Å². The highest BCUT2D eigenvalue weighted by molar-refractivity contribution is 5.94. The normalized spacial score (nSPS) is 16.6. The number of rotatable bonds is 5. The van der Waals surface area contributed by atoms with Crippen LogP contribution in [0.1, 0.15) is 41.8 Å². The Balaban J connectivity index is 1.47. The number of nitriles is 1. The Morgan fingerprint density at radius 2 is 2.12 bits per heavy atom. The third-order valence-electron chi connectivity index (χ3n) is 6.25. The van der Waals surface area contributed by atoms with E-state index in [9.17, 15) is 10.4 Å². The van der Waals surface area contributed by atoms with Gasteiger partial charge in [0.15, 0.2) is 0 Å². The number of hydrogen-bond acceptors (Lipinski definition) is 8. The molecule has 1 aliphatic rings. The first-order valence-electron chi connectivity index (χ1n) is 11.2. The molecule has 4 heterocycles. The first-order valence-corrected chi connectivity index (χ1v) is 11.2. The number of aromatic amines is 1. The predicted octanol–water partition coefficient (Wildman–Crippen LogP) is 3.61. The zero-order valence-electron chi connectivity index (χ0n) is 19.3. The summed E-state index contributed by atoms with van der Waals surface area (Å²) in [5.74, 6) is 1.30. The summed E-state index contributed by atoms with van der Waals surface area (Å²) in [7, 11) is 0. The van der Waals surface area contributed by atoms with Gasteiger partial charge < -0.3 is 14.7 Å². The van der Waals surface area contributed by atoms with Gasteiger partial charge >= 0.3 is 0 Å². The summed E-state index contributed by atoms with van der Waals surface area (Å²) in [5.41, 5.74) is 5.65. The molecule has 34 heavy (non-hydrogen) atoms. The smallest absolute Gasteiger partial charge is 0.146 e. The maximum absolute atomic E-state index is 9.85. The van der Waals surface area contributed by atoms with Crippen molar-refractivity contribution in [1.29, 1.82) is 5.26 Å². The van der Waals surface area contributed by atoms with Crippen LogP contribution in [0.2, 0.25) is 0 Å². The van der Waals surface area contributed by atoms with Crippen molar-refractivity contribution in [1.82, 2.24) is 25.4 Å². The van der Waals surface area contributed by atoms with E-state index >= 15 is 0 Å². The third kappa shape index (κ3) is 3.93. The SMILES string of the molecule is Cc1cnnc(C)c1[C@@H](C)Oc1ccc2[nH]nc(-c3cnc(N4CC[C@H](O)C4)c(C#N)c3)c2c1. The van der Waals surface area contributed by atoms with Gasteiger partial charge in [-0.15, -0.1) is 0 Å². The molecule has 9 heteroatoms. The quantitative estimate of drug-likeness (QED) is 0.468. The Hall–Kier alpha value is -4.03. The molecule has 0 radical (unpaired) electrons. The highest BCUT2D eigenvalue weighted by Gasteiger charge is 2.24. The first kappa shape index (κ1) is 21.8. The molecule has 0 unspecified atom stereocenters. The summed E-state index contributed by atoms with van der Waals surface area (Å²) in [6.07, 6.45) is 3.55. The lowest BCUT2D eigenvalue weighted by Gasteiger charge is -2.18. The second kappa shape index (κ2) is 8.72. The van der Waals surface area contributed by atoms with Gasteiger partial charge in [0.05, 0.1) is 29.1 Å². The van der Waals surface area contributed by atoms with Gasteiger partial charge in [0, 0.05) is 35.8 Å². The van der Waals surface area contributed by atoms with Crippen LogP contribution >= 0.6 is 0 Å². The number of β-amino-alcohol motifs (C(OH)–C–C–N with tert-alkyl or cyclic N) is 1. The molecule has 1 fully saturated rings. The van der Waals surface area contributed by atoms with E-state index < -0.39 is 0 Å². The molecular weight excluding hydrogens is 430 g/mol. The Morgan fingerprint density at radius 1 is 1.26 bits per heavy atom. The lowest BCUT2D eigenvalue weighted by atomic mass is 10.0. The molecule has 1 saturated heterocycles. The minimum Gasteiger partial charge on any atom is -0.486 e. The van der Waals surface area contributed by atoms with Crippen LogP contribution in [0.4, 0.5) is 5.82 Å². The minimum atomic E-state index is -0.389. The number of pyridine rings is 1. The van der Waals surface area contributed by atoms with Crippen LogP contribution in [-0.2, 0) is 0 Å². The number of aliphatic hydroxyl groups excluding tert-OH is 1. The molecule has 9 nitrogen and oxygen atoms in total. The number of nitrogens with one attached hydrogen (secondary N) is 1. The molecule has 4 aromatic rings. The van der Waals surface area contributed by atoms with Crippen LogP contribution in [0.25, 0.3) is 22.2 Å². The van der Waals surface area contributed by atoms with Gasteiger partial charge in [-0.25, -0.2) is 4.98 Å². The van der Waals surface area contributed by atoms with E-state index in [0.29, 0.717) is 42.3 Å². The first-order chi connectivity index (χ1) is 16.4. The number of ether oxygens (including phenoxy) is 1. The van der Waals surface area contributed by atoms with E-state index in [0.717, 1.165) is 33.3 Å². The van der Waals surface area contributed by atoms with Crippen LogP contribution < -0.4 is 9.64 Å². The summed E-state index contributed by atoms with van der Waals surface area (Å²) >= 11 is 0. The van der Waals surface area contributed by atoms with Crippen LogP contribution in [0.15, 0.2) is 36.7 Å². The molecule has 172 valence electrons. The molecular formula is C25H25N7O2. The monoisotopic (exact) mass is 455 g/mol. The number of H-pyrrole nitrogens is 1. The lowest BCUT2D eigenvalue weighted by Crippen LogP contribution is -2.23. The molecule has 5 rings (SSSR count). The van der Waals surface area contributed by atoms with Crippen LogP contribution in [0.5, 0.6) is 5.75 Å². The zero-order chi connectivity index (χ0) is 23.8. The standard InChI is InChI=1S/C25H25N7O2/c1-14-11-28-29-15(2)23(14)16(3)34-20-4-5-22-21(9-20)24(31-30-22)18-8-17(10-26)25(27-12-18)32-7-6-19(33)13-32/h4-5,8-9,11-12,16,19,33H,6-7,13H2,1-3H3,(H,30,31)/t16-,19+/m1/s1. The minimum absolute atomic E-state index is 0.203. The third-order valence-corrected chi connectivity index (χ3v) is 6.25. The van der Waals surface area contributed by atoms with Crippen molar-refractivity contribution in [3.05, 3.63) is 59.0 Å². The second-order valence-electron chi connectivity index (χ2n) is 8.66. The maximum Gasteiger partial charge on any atom is 0.146 e. The van der Waals surface area contributed by atoms with Gasteiger partial charge in [0.2, 0.25) is 0 Å². The second-order valence-corrected chi connectivity index (χ2v) is 8.66. The van der Waals surface area contributed by atoms with Crippen molar-refractivity contribution in [2.24, 2.45) is 0 Å². The number of aliphatic hydroxyl groups is 1. The van der Waals surface area contributed by atoms with E-state index in [2.05, 4.69) is 31.4 Å². The number of fused-ring (bicyclic) bond motifs is 1. The van der Waals surface area contributed by atoms with E-state index in [1.54, 1.807) is 18.5 Å². The fourth-order valence-corrected chi connectivity index (χ4v) is 4.63. The Bertz CT molecular complexity index is 1390. The lowest BCUT2D eigenvalue weighted by molar-refractivity contribution is 0.198. The summed E-state index contributed by atoms with van der Waals surface area (Å²) < 4.78 is 6.26. The largest absolute Gasteiger partial charge is 0.486 e. The predicted molar refractivity (Wildman–Crippen MR) is 127 cm³/mol. The molecule has 0 aliphatic carbocycles. The number of hydrogen-bond donors (Lipinski definition) is 2. The van der Waals surface area contributed by atoms with Crippen molar-refractivity contribution >= 4 is 16.7 Å². The van der Waals surface area contributed by atoms with E-state index in [-0.39, 0.29) is 12.2 Å². The van der Waals surface area contributed by atoms with Gasteiger partial charge in [-0.3, -0.25) is 5.10 Å². The van der Waals surface area contributed by atoms with Gasteiger partial charge in [-0.2, -0.15) is 20.6 Å². The molecule has 1 aromatic carbocycles. The number of anilines is 1. The number of aryl methyl sites for hydroxylation is 2. The van der Waals surface area contributed by atoms with Crippen molar-refractivity contribution in [2.45, 2.75) is 39.4 Å². The van der Waals surface area contributed by atoms with Crippen LogP contribution in [-0.4, -0.2) is 49.7 Å². The van der Waals surface area contributed by atoms with Crippen LogP contribution in [0.3, 0.4) is 0 Å². The number of aromatic nitrogens is 5. The summed E-state index contributed by atoms with van der Waals surface area (Å²) in [4.78, 5) is 6.50. The molecule has 2 N–H and O–H groups in total. The van der Waals surface area contributed by atoms with Crippen LogP contribution in [0, 0.1) is 25.2 Å². The van der Waals surface area contributed by atoms with Gasteiger partial charge in [-0.1, -0.05) is 0 Å². The van der Waals surface area contributed by atoms with Crippen molar-refractivity contribution in [3.8, 4) is 23.1 Å². The fraction of sp³-hybridized carbons (Fsp3) is 0.320. The summed E-state index contributed by atoms with van der Waals surface area (Å²) in [6.45, 7) is 7.09. The average molecular weight is 456 g/mol. The van der Waals surface area contributed by atoms with Crippen molar-refractivity contribution in [3.63, 3.8) is 0 Å². The fourth-order valence-electron chi connectivity index (χ4n) is 4.63. The molecule has 0 saturated carbocycles. The molecule has 0 amide bonds. The number of benzene rings is 1. The summed E-state index contributed by atoms with van der Waals surface area (Å²) in [5, 5.41) is 36.2. The molecule has 1 aliphatic heterocycles. The van der Waals surface area contributed by atoms with E-state index in [1.165, 1.54) is 0 Å². The topological polar surface area (TPSA) is 124 Å². The highest BCUT2D eigenvalue weighted by atomic mass is 16.5. The highest BCUT2D eigenvalue weighted by Crippen LogP contribution is 2.33. The molecule has 0 spiro atoms. The summed E-state index contributed by atoms with van der Waals surface area (Å²) in [6, 6.07) is 9.82. The Labute approximate surface area is 197 Å².